The van der Waals surface area contributed by atoms with Crippen molar-refractivity contribution < 1.29 is 27.8 Å². The van der Waals surface area contributed by atoms with E-state index in [2.05, 4.69) is 10.1 Å². The average Bonchev–Trinajstić information content (AvgIpc) is 2.45. The summed E-state index contributed by atoms with van der Waals surface area (Å²) >= 11 is 0. The summed E-state index contributed by atoms with van der Waals surface area (Å²) in [5.41, 5.74) is -0.826. The van der Waals surface area contributed by atoms with E-state index < -0.39 is 17.7 Å². The summed E-state index contributed by atoms with van der Waals surface area (Å²) in [5, 5.41) is 12.5. The molecule has 0 fully saturated rings. The van der Waals surface area contributed by atoms with Crippen LogP contribution < -0.4 is 4.68 Å². The lowest BCUT2D eigenvalue weighted by atomic mass is 10.1. The van der Waals surface area contributed by atoms with Crippen molar-refractivity contribution in [3.63, 3.8) is 0 Å². The molecule has 2 aromatic heterocycles. The van der Waals surface area contributed by atoms with Gasteiger partial charge in [0.2, 0.25) is 0 Å². The number of carbonyl (C=O) groups is 1. The molecule has 0 aliphatic heterocycles. The minimum absolute atomic E-state index is 0.117. The predicted molar refractivity (Wildman–Crippen MR) is 64.9 cm³/mol. The summed E-state index contributed by atoms with van der Waals surface area (Å²) in [4.78, 5) is 14.2. The lowest BCUT2D eigenvalue weighted by Crippen LogP contribution is -2.38. The Labute approximate surface area is 117 Å². The van der Waals surface area contributed by atoms with Gasteiger partial charge in [-0.15, -0.1) is 0 Å². The molecule has 0 amide bonds. The second-order valence-corrected chi connectivity index (χ2v) is 4.22. The molecule has 0 aromatic carbocycles. The Morgan fingerprint density at radius 2 is 2.10 bits per heavy atom. The molecule has 5 nitrogen and oxygen atoms in total. The highest BCUT2D eigenvalue weighted by molar-refractivity contribution is 5.66. The third-order valence-electron chi connectivity index (χ3n) is 2.71. The Kier molecular flexibility index (Phi) is 4.15. The van der Waals surface area contributed by atoms with Gasteiger partial charge in [0.25, 0.3) is 0 Å². The molecule has 2 aromatic rings. The summed E-state index contributed by atoms with van der Waals surface area (Å²) in [6.45, 7) is 0.143. The summed E-state index contributed by atoms with van der Waals surface area (Å²) in [5.74, 6) is -0.975. The highest BCUT2D eigenvalue weighted by Gasteiger charge is 2.34. The fourth-order valence-electron chi connectivity index (χ4n) is 1.73. The Morgan fingerprint density at radius 3 is 2.67 bits per heavy atom. The monoisotopic (exact) mass is 298 g/mol. The molecule has 0 spiro atoms. The van der Waals surface area contributed by atoms with Gasteiger partial charge in [-0.05, 0) is 17.2 Å². The number of carboxylic acid groups (broad SMARTS) is 1. The lowest BCUT2D eigenvalue weighted by molar-refractivity contribution is -0.752. The molecule has 0 aliphatic carbocycles. The van der Waals surface area contributed by atoms with Gasteiger partial charge in [-0.2, -0.15) is 13.2 Å². The van der Waals surface area contributed by atoms with E-state index in [1.54, 1.807) is 0 Å². The molecule has 110 valence electrons. The fourth-order valence-corrected chi connectivity index (χ4v) is 1.73. The minimum atomic E-state index is -4.50. The number of aliphatic carboxylic acids is 1. The van der Waals surface area contributed by atoms with E-state index in [0.717, 1.165) is 6.07 Å². The van der Waals surface area contributed by atoms with Crippen molar-refractivity contribution in [2.45, 2.75) is 19.1 Å². The van der Waals surface area contributed by atoms with Crippen LogP contribution in [0.4, 0.5) is 13.2 Å². The lowest BCUT2D eigenvalue weighted by Gasteiger charge is -2.10. The van der Waals surface area contributed by atoms with Crippen LogP contribution in [0, 0.1) is 0 Å². The van der Waals surface area contributed by atoms with Crippen molar-refractivity contribution in [1.82, 2.24) is 10.1 Å². The topological polar surface area (TPSA) is 67.0 Å². The SMILES string of the molecule is O=C(O)CC[n+]1ccc(-c2ncccc2C(F)(F)F)cn1. The molecule has 1 N–H and O–H groups in total. The van der Waals surface area contributed by atoms with E-state index >= 15 is 0 Å². The number of hydrogen-bond acceptors (Lipinski definition) is 3. The maximum atomic E-state index is 12.9. The van der Waals surface area contributed by atoms with E-state index in [-0.39, 0.29) is 24.2 Å². The zero-order chi connectivity index (χ0) is 15.5. The molecular formula is C13H11F3N3O2+. The van der Waals surface area contributed by atoms with Crippen LogP contribution >= 0.6 is 0 Å². The van der Waals surface area contributed by atoms with Crippen LogP contribution in [0.25, 0.3) is 11.3 Å². The molecule has 21 heavy (non-hydrogen) atoms. The largest absolute Gasteiger partial charge is 0.481 e. The molecule has 2 rings (SSSR count). The molecule has 0 unspecified atom stereocenters. The van der Waals surface area contributed by atoms with Gasteiger partial charge in [-0.25, -0.2) is 0 Å². The first kappa shape index (κ1) is 14.9. The van der Waals surface area contributed by atoms with Gasteiger partial charge in [-0.3, -0.25) is 9.78 Å². The number of aryl methyl sites for hydroxylation is 1. The Hall–Kier alpha value is -2.51. The fraction of sp³-hybridized carbons (Fsp3) is 0.231. The predicted octanol–water partition coefficient (Wildman–Crippen LogP) is 1.92. The van der Waals surface area contributed by atoms with E-state index in [0.29, 0.717) is 0 Å². The molecule has 0 atom stereocenters. The van der Waals surface area contributed by atoms with Crippen molar-refractivity contribution in [2.75, 3.05) is 0 Å². The van der Waals surface area contributed by atoms with Crippen LogP contribution in [-0.2, 0) is 17.5 Å². The van der Waals surface area contributed by atoms with E-state index in [1.807, 2.05) is 0 Å². The van der Waals surface area contributed by atoms with Crippen molar-refractivity contribution in [3.8, 4) is 11.3 Å². The van der Waals surface area contributed by atoms with Gasteiger partial charge in [0.05, 0.1) is 11.3 Å². The molecule has 2 heterocycles. The van der Waals surface area contributed by atoms with Crippen LogP contribution in [0.2, 0.25) is 0 Å². The van der Waals surface area contributed by atoms with Crippen molar-refractivity contribution >= 4 is 5.97 Å². The number of pyridine rings is 1. The Morgan fingerprint density at radius 1 is 1.33 bits per heavy atom. The van der Waals surface area contributed by atoms with Crippen LogP contribution in [0.1, 0.15) is 12.0 Å². The quantitative estimate of drug-likeness (QED) is 0.876. The smallest absolute Gasteiger partial charge is 0.418 e. The molecule has 0 bridgehead atoms. The summed E-state index contributed by atoms with van der Waals surface area (Å²) in [6.07, 6.45) is -0.685. The summed E-state index contributed by atoms with van der Waals surface area (Å²) in [6, 6.07) is 3.59. The number of rotatable bonds is 4. The van der Waals surface area contributed by atoms with Gasteiger partial charge in [0, 0.05) is 17.8 Å². The third kappa shape index (κ3) is 3.74. The van der Waals surface area contributed by atoms with Crippen LogP contribution in [0.15, 0.2) is 36.8 Å². The standard InChI is InChI=1S/C13H10F3N3O2/c14-13(15,16)10-2-1-5-17-12(10)9-3-6-19(18-8-9)7-4-11(20)21/h1-3,5-6,8H,4,7H2/p+1. The average molecular weight is 298 g/mol. The number of aromatic nitrogens is 3. The van der Waals surface area contributed by atoms with Crippen molar-refractivity contribution in [1.29, 1.82) is 0 Å². The van der Waals surface area contributed by atoms with Gasteiger partial charge >= 0.3 is 12.1 Å². The van der Waals surface area contributed by atoms with Gasteiger partial charge in [0.1, 0.15) is 12.6 Å². The van der Waals surface area contributed by atoms with E-state index in [9.17, 15) is 18.0 Å². The molecule has 0 radical (unpaired) electrons. The number of halogens is 3. The maximum absolute atomic E-state index is 12.9. The second-order valence-electron chi connectivity index (χ2n) is 4.22. The molecule has 8 heteroatoms. The molecule has 0 saturated heterocycles. The molecular weight excluding hydrogens is 287 g/mol. The summed E-state index contributed by atoms with van der Waals surface area (Å²) in [7, 11) is 0. The van der Waals surface area contributed by atoms with Gasteiger partial charge in [0.15, 0.2) is 12.7 Å². The normalized spacial score (nSPS) is 11.4. The number of hydrogen-bond donors (Lipinski definition) is 1. The minimum Gasteiger partial charge on any atom is -0.481 e. The zero-order valence-corrected chi connectivity index (χ0v) is 10.7. The number of carboxylic acids is 1. The Balaban J connectivity index is 2.29. The molecule has 0 aliphatic rings. The first-order valence-electron chi connectivity index (χ1n) is 5.98. The first-order valence-corrected chi connectivity index (χ1v) is 5.98. The first-order chi connectivity index (χ1) is 9.88. The number of alkyl halides is 3. The maximum Gasteiger partial charge on any atom is 0.418 e. The zero-order valence-electron chi connectivity index (χ0n) is 10.7. The highest BCUT2D eigenvalue weighted by atomic mass is 19.4. The van der Waals surface area contributed by atoms with E-state index in [4.69, 9.17) is 5.11 Å². The van der Waals surface area contributed by atoms with Gasteiger partial charge in [-0.1, -0.05) is 4.68 Å². The summed E-state index contributed by atoms with van der Waals surface area (Å²) < 4.78 is 40.0. The van der Waals surface area contributed by atoms with Crippen molar-refractivity contribution in [2.24, 2.45) is 0 Å². The van der Waals surface area contributed by atoms with E-state index in [1.165, 1.54) is 35.4 Å². The second kappa shape index (κ2) is 5.86. The van der Waals surface area contributed by atoms with Crippen LogP contribution in [0.3, 0.4) is 0 Å². The van der Waals surface area contributed by atoms with Crippen LogP contribution in [0.5, 0.6) is 0 Å². The highest BCUT2D eigenvalue weighted by Crippen LogP contribution is 2.35. The number of nitrogens with zero attached hydrogens (tertiary/aromatic N) is 3. The third-order valence-corrected chi connectivity index (χ3v) is 2.71. The van der Waals surface area contributed by atoms with Crippen molar-refractivity contribution in [3.05, 3.63) is 42.4 Å². The molecule has 0 saturated carbocycles. The van der Waals surface area contributed by atoms with Gasteiger partial charge < -0.3 is 5.11 Å². The van der Waals surface area contributed by atoms with Crippen LogP contribution in [-0.4, -0.2) is 21.2 Å². The Bertz CT molecular complexity index is 642.